The molecule has 10 nitrogen and oxygen atoms in total. The van der Waals surface area contributed by atoms with Crippen LogP contribution in [0.15, 0.2) is 48.9 Å². The number of hydrogen-bond acceptors (Lipinski definition) is 8. The van der Waals surface area contributed by atoms with Crippen LogP contribution in [0.25, 0.3) is 11.5 Å². The Labute approximate surface area is 153 Å². The number of rotatable bonds is 6. The van der Waals surface area contributed by atoms with Gasteiger partial charge in [0.25, 0.3) is 5.91 Å². The van der Waals surface area contributed by atoms with E-state index in [2.05, 4.69) is 25.5 Å². The van der Waals surface area contributed by atoms with Crippen LogP contribution in [0.1, 0.15) is 15.9 Å². The topological polar surface area (TPSA) is 147 Å². The maximum Gasteiger partial charge on any atom is 0.316 e. The second-order valence-electron chi connectivity index (χ2n) is 5.25. The molecule has 1 unspecified atom stereocenters. The number of nitrogens with zero attached hydrogens (tertiary/aromatic N) is 4. The molecule has 2 heterocycles. The van der Waals surface area contributed by atoms with Gasteiger partial charge in [0.05, 0.1) is 17.9 Å². The van der Waals surface area contributed by atoms with Gasteiger partial charge in [-0.1, -0.05) is 6.07 Å². The van der Waals surface area contributed by atoms with Crippen LogP contribution in [-0.2, 0) is 15.7 Å². The number of anilines is 1. The molecule has 0 aliphatic carbocycles. The van der Waals surface area contributed by atoms with Gasteiger partial charge in [-0.3, -0.25) is 9.36 Å². The molecule has 3 rings (SSSR count). The van der Waals surface area contributed by atoms with Crippen LogP contribution in [0.4, 0.5) is 5.69 Å². The lowest BCUT2D eigenvalue weighted by molar-refractivity contribution is 0.102. The third-order valence-corrected chi connectivity index (χ3v) is 3.80. The highest BCUT2D eigenvalue weighted by Crippen LogP contribution is 2.26. The highest BCUT2D eigenvalue weighted by Gasteiger charge is 2.13. The Bertz CT molecular complexity index is 969. The van der Waals surface area contributed by atoms with Crippen LogP contribution in [0, 0.1) is 0 Å². The fourth-order valence-electron chi connectivity index (χ4n) is 2.14. The van der Waals surface area contributed by atoms with Crippen molar-refractivity contribution in [2.75, 3.05) is 5.32 Å². The number of amides is 1. The molecule has 0 aliphatic rings. The van der Waals surface area contributed by atoms with Crippen molar-refractivity contribution in [3.63, 3.8) is 0 Å². The quantitative estimate of drug-likeness (QED) is 0.538. The predicted molar refractivity (Wildman–Crippen MR) is 95.1 cm³/mol. The van der Waals surface area contributed by atoms with Crippen LogP contribution in [-0.4, -0.2) is 36.1 Å². The van der Waals surface area contributed by atoms with Gasteiger partial charge in [0, 0.05) is 30.2 Å². The summed E-state index contributed by atoms with van der Waals surface area (Å²) in [7, 11) is -3.13. The molecule has 0 fully saturated rings. The Balaban J connectivity index is 1.77. The fraction of sp³-hybridized carbons (Fsp3) is 0.0625. The van der Waals surface area contributed by atoms with Gasteiger partial charge >= 0.3 is 8.25 Å². The Morgan fingerprint density at radius 3 is 2.67 bits per heavy atom. The third-order valence-electron chi connectivity index (χ3n) is 3.41. The average molecular weight is 387 g/mol. The van der Waals surface area contributed by atoms with Gasteiger partial charge in [0.1, 0.15) is 11.4 Å². The minimum Gasteiger partial charge on any atom is -0.508 e. The summed E-state index contributed by atoms with van der Waals surface area (Å²) in [6.45, 7) is -0.202. The average Bonchev–Trinajstić information content (AvgIpc) is 2.68. The van der Waals surface area contributed by atoms with E-state index in [-0.39, 0.29) is 23.6 Å². The van der Waals surface area contributed by atoms with Crippen LogP contribution >= 0.6 is 8.25 Å². The lowest BCUT2D eigenvalue weighted by atomic mass is 10.1. The van der Waals surface area contributed by atoms with Crippen LogP contribution in [0.3, 0.4) is 0 Å². The molecule has 1 aromatic carbocycles. The maximum absolute atomic E-state index is 12.4. The molecule has 1 amide bonds. The molecule has 2 aromatic heterocycles. The third kappa shape index (κ3) is 4.91. The summed E-state index contributed by atoms with van der Waals surface area (Å²) in [4.78, 5) is 29.4. The Morgan fingerprint density at radius 1 is 1.22 bits per heavy atom. The smallest absolute Gasteiger partial charge is 0.316 e. The molecule has 0 radical (unpaired) electrons. The number of carbonyl (C=O) groups is 1. The lowest BCUT2D eigenvalue weighted by Gasteiger charge is -2.11. The van der Waals surface area contributed by atoms with Gasteiger partial charge < -0.3 is 19.8 Å². The van der Waals surface area contributed by atoms with Crippen molar-refractivity contribution >= 4 is 19.8 Å². The van der Waals surface area contributed by atoms with E-state index in [0.29, 0.717) is 17.1 Å². The molecule has 11 heteroatoms. The minimum absolute atomic E-state index is 0.0834. The Morgan fingerprint density at radius 2 is 2.00 bits per heavy atom. The largest absolute Gasteiger partial charge is 0.508 e. The van der Waals surface area contributed by atoms with Gasteiger partial charge in [0.15, 0.2) is 5.82 Å². The van der Waals surface area contributed by atoms with Crippen molar-refractivity contribution in [1.82, 2.24) is 20.2 Å². The van der Waals surface area contributed by atoms with Gasteiger partial charge in [-0.25, -0.2) is 9.97 Å². The molecule has 0 spiro atoms. The van der Waals surface area contributed by atoms with E-state index in [1.54, 1.807) is 12.1 Å². The van der Waals surface area contributed by atoms with Crippen molar-refractivity contribution < 1.29 is 23.9 Å². The standard InChI is InChI=1S/C16H14N5O5P/c22-12-4-3-10(9-26-27(24)25)14(6-12)20-16(23)11-7-17-15(18-8-11)13-2-1-5-19-21-13/h1-8,22,27H,9H2,(H,20,23)(H,24,25). The van der Waals surface area contributed by atoms with E-state index in [0.717, 1.165) is 0 Å². The normalized spacial score (nSPS) is 11.7. The molecule has 0 saturated carbocycles. The summed E-state index contributed by atoms with van der Waals surface area (Å²) in [5, 5.41) is 19.8. The molecule has 0 aliphatic heterocycles. The minimum atomic E-state index is -3.13. The van der Waals surface area contributed by atoms with Gasteiger partial charge in [-0.05, 0) is 18.2 Å². The first-order chi connectivity index (χ1) is 13.0. The number of phenols is 1. The van der Waals surface area contributed by atoms with Crippen molar-refractivity contribution in [3.8, 4) is 17.3 Å². The molecule has 138 valence electrons. The number of nitrogens with one attached hydrogen (secondary N) is 1. The van der Waals surface area contributed by atoms with E-state index in [1.807, 2.05) is 0 Å². The Kier molecular flexibility index (Phi) is 5.82. The van der Waals surface area contributed by atoms with E-state index in [1.165, 1.54) is 36.8 Å². The van der Waals surface area contributed by atoms with E-state index in [4.69, 9.17) is 9.42 Å². The lowest BCUT2D eigenvalue weighted by Crippen LogP contribution is -2.14. The molecular weight excluding hydrogens is 373 g/mol. The number of carbonyl (C=O) groups excluding carboxylic acids is 1. The van der Waals surface area contributed by atoms with E-state index < -0.39 is 14.2 Å². The molecule has 3 N–H and O–H groups in total. The van der Waals surface area contributed by atoms with Crippen molar-refractivity contribution in [2.24, 2.45) is 0 Å². The van der Waals surface area contributed by atoms with Gasteiger partial charge in [-0.15, -0.1) is 5.10 Å². The summed E-state index contributed by atoms with van der Waals surface area (Å²) < 4.78 is 15.4. The van der Waals surface area contributed by atoms with E-state index in [9.17, 15) is 14.5 Å². The van der Waals surface area contributed by atoms with Crippen LogP contribution in [0.2, 0.25) is 0 Å². The number of phenolic OH excluding ortho intramolecular Hbond substituents is 1. The van der Waals surface area contributed by atoms with Crippen molar-refractivity contribution in [3.05, 3.63) is 60.0 Å². The molecule has 0 bridgehead atoms. The first kappa shape index (κ1) is 18.6. The Hall–Kier alpha value is -3.20. The molecular formula is C16H14N5O5P. The predicted octanol–water partition coefficient (Wildman–Crippen LogP) is 1.79. The molecule has 1 atom stereocenters. The summed E-state index contributed by atoms with van der Waals surface area (Å²) in [6.07, 6.45) is 4.19. The number of aromatic nitrogens is 4. The van der Waals surface area contributed by atoms with E-state index >= 15 is 0 Å². The summed E-state index contributed by atoms with van der Waals surface area (Å²) in [6, 6.07) is 7.54. The zero-order valence-corrected chi connectivity index (χ0v) is 14.7. The number of hydrogen-bond donors (Lipinski definition) is 3. The fourth-order valence-corrected chi connectivity index (χ4v) is 2.42. The maximum atomic E-state index is 12.4. The second kappa shape index (κ2) is 8.45. The zero-order valence-electron chi connectivity index (χ0n) is 13.7. The number of aromatic hydroxyl groups is 1. The highest BCUT2D eigenvalue weighted by molar-refractivity contribution is 7.32. The summed E-state index contributed by atoms with van der Waals surface area (Å²) in [5.41, 5.74) is 1.30. The molecule has 3 aromatic rings. The monoisotopic (exact) mass is 387 g/mol. The molecule has 27 heavy (non-hydrogen) atoms. The second-order valence-corrected chi connectivity index (χ2v) is 6.07. The first-order valence-electron chi connectivity index (χ1n) is 7.62. The zero-order chi connectivity index (χ0) is 19.2. The number of benzene rings is 1. The highest BCUT2D eigenvalue weighted by atomic mass is 31.1. The van der Waals surface area contributed by atoms with Crippen LogP contribution < -0.4 is 5.32 Å². The van der Waals surface area contributed by atoms with Crippen molar-refractivity contribution in [2.45, 2.75) is 6.61 Å². The summed E-state index contributed by atoms with van der Waals surface area (Å²) >= 11 is 0. The van der Waals surface area contributed by atoms with Gasteiger partial charge in [-0.2, -0.15) is 5.10 Å². The molecule has 0 saturated heterocycles. The van der Waals surface area contributed by atoms with Crippen LogP contribution in [0.5, 0.6) is 5.75 Å². The summed E-state index contributed by atoms with van der Waals surface area (Å²) in [5.74, 6) is -0.289. The van der Waals surface area contributed by atoms with Crippen molar-refractivity contribution in [1.29, 1.82) is 0 Å². The van der Waals surface area contributed by atoms with Gasteiger partial charge in [0.2, 0.25) is 0 Å². The SMILES string of the molecule is O=C(Nc1cc(O)ccc1CO[PH](=O)O)c1cnc(-c2cccnn2)nc1. The first-order valence-corrected chi connectivity index (χ1v) is 8.88.